The molecular weight excluding hydrogens is 1810 g/mol. The number of aromatic amines is 2. The van der Waals surface area contributed by atoms with E-state index in [-0.39, 0.29) is 114 Å². The SMILES string of the molecule is CCc1c2c(nc3ccc(O)cc13)-c1cc3c(c(=O)n1C2)COC(=O)C3(CC)OC(=O)N(C)CCCCN1CCN(Cc2ccc(-n3c(-c4cc(C(C)C)c(O)cc4O)n[nH]c3=O)cc2)CC1.CCc1c2c(nc3ccc(OC(=O)OC(C)(C)C)cc13)-c1cc3c(c(=O)n1C2)COC(=O)C3(CC)OC(=O)N(C)CCCCN1CCN(Cc2ccc(-n3c(-c4cc(C(C)C)c(O)cc4O)n[nH]c3=O)cc2)CC1. The molecule has 12 aromatic rings. The summed E-state index contributed by atoms with van der Waals surface area (Å²) in [4.78, 5) is 144. The first-order valence-corrected chi connectivity index (χ1v) is 48.3. The number of benzene rings is 6. The van der Waals surface area contributed by atoms with Crippen molar-refractivity contribution in [2.45, 2.75) is 196 Å². The lowest BCUT2D eigenvalue weighted by molar-refractivity contribution is -0.174. The summed E-state index contributed by atoms with van der Waals surface area (Å²) < 4.78 is 40.4. The van der Waals surface area contributed by atoms with Crippen LogP contribution in [0.3, 0.4) is 0 Å². The molecule has 2 amide bonds. The van der Waals surface area contributed by atoms with Gasteiger partial charge in [0.2, 0.25) is 11.2 Å². The number of hydrogen-bond acceptors (Lipinski definition) is 28. The Morgan fingerprint density at radius 1 is 0.489 bits per heavy atom. The second kappa shape index (κ2) is 40.0. The number of esters is 2. The Balaban J connectivity index is 0.000000195. The number of aromatic nitrogens is 10. The molecule has 0 bridgehead atoms. The van der Waals surface area contributed by atoms with Gasteiger partial charge in [0.25, 0.3) is 11.1 Å². The number of nitrogens with zero attached hydrogens (tertiary/aromatic N) is 14. The van der Waals surface area contributed by atoms with Gasteiger partial charge in [0, 0.05) is 138 Å². The van der Waals surface area contributed by atoms with Crippen molar-refractivity contribution in [3.8, 4) is 91.4 Å². The van der Waals surface area contributed by atoms with Crippen molar-refractivity contribution in [1.29, 1.82) is 0 Å². The minimum absolute atomic E-state index is 0.00968. The average molecular weight is 1930 g/mol. The van der Waals surface area contributed by atoms with Gasteiger partial charge in [-0.1, -0.05) is 79.7 Å². The number of nitrogens with one attached hydrogen (secondary N) is 2. The van der Waals surface area contributed by atoms with Crippen molar-refractivity contribution >= 4 is 52.1 Å². The van der Waals surface area contributed by atoms with E-state index in [1.165, 1.54) is 31.1 Å². The summed E-state index contributed by atoms with van der Waals surface area (Å²) in [5.41, 5.74) is 7.74. The van der Waals surface area contributed by atoms with E-state index < -0.39 is 58.5 Å². The van der Waals surface area contributed by atoms with Gasteiger partial charge in [0.15, 0.2) is 11.6 Å². The zero-order chi connectivity index (χ0) is 100. The Labute approximate surface area is 813 Å². The van der Waals surface area contributed by atoms with E-state index in [1.54, 1.807) is 119 Å². The molecule has 36 nitrogen and oxygen atoms in total. The number of carbonyl (C=O) groups excluding carboxylic acids is 5. The molecule has 2 fully saturated rings. The molecule has 6 aromatic carbocycles. The number of rotatable bonds is 27. The Morgan fingerprint density at radius 3 is 1.29 bits per heavy atom. The highest BCUT2D eigenvalue weighted by molar-refractivity contribution is 5.93. The maximum atomic E-state index is 14.3. The lowest BCUT2D eigenvalue weighted by Crippen LogP contribution is -2.49. The third-order valence-corrected chi connectivity index (χ3v) is 27.9. The molecule has 740 valence electrons. The highest BCUT2D eigenvalue weighted by atomic mass is 16.7. The van der Waals surface area contributed by atoms with Gasteiger partial charge in [-0.3, -0.25) is 19.4 Å². The first kappa shape index (κ1) is 98.1. The third-order valence-electron chi connectivity index (χ3n) is 27.9. The molecule has 36 heteroatoms. The quantitative estimate of drug-likeness (QED) is 0.0109. The average Bonchev–Trinajstić information content (AvgIpc) is 1.67. The number of aryl methyl sites for hydroxylation is 2. The zero-order valence-corrected chi connectivity index (χ0v) is 81.7. The summed E-state index contributed by atoms with van der Waals surface area (Å²) in [6.45, 7) is 31.6. The topological polar surface area (TPSA) is 432 Å². The second-order valence-corrected chi connectivity index (χ2v) is 38.7. The van der Waals surface area contributed by atoms with Crippen LogP contribution in [0.4, 0.5) is 14.4 Å². The monoisotopic (exact) mass is 1920 g/mol. The fourth-order valence-corrected chi connectivity index (χ4v) is 20.1. The van der Waals surface area contributed by atoms with E-state index in [0.717, 1.165) is 136 Å². The Bertz CT molecular complexity index is 7130. The standard InChI is InChI=1S/C55H64N8O11.C50H56N8O9/c1-9-36-38-25-35(72-53(70)74-54(5,6)7)17-18-43(38)56-47-40(36)30-62-44(47)27-42-41(49(62)66)31-71-50(67)55(42,10-2)73-52(69)59(8)19-11-12-20-60-21-23-61(24-22-60)29-33-13-15-34(16-14-33)63-48(57-58-51(63)68)39-26-37(32(3)4)45(64)28-46(39)65;1-6-33-35-22-32(59)14-15-40(35)51-44-37(33)27-57-41(44)24-39-38(46(57)62)28-66-47(63)50(39,7-2)67-49(65)54(5)16-8-9-17-55-18-20-56(21-19-55)26-30-10-12-31(13-11-30)58-45(52-53-48(58)64)36-23-34(29(3)4)42(60)25-43(36)61/h13-18,25-28,32,64-65H,9-12,19-24,29-31H2,1-8H3,(H,58,68);10-15,22-25,29,59-61H,6-9,16-21,26-28H2,1-5H3,(H,53,64). The van der Waals surface area contributed by atoms with Gasteiger partial charge in [-0.25, -0.2) is 62.9 Å². The normalized spacial score (nSPS) is 16.9. The van der Waals surface area contributed by atoms with Crippen LogP contribution >= 0.6 is 0 Å². The fourth-order valence-electron chi connectivity index (χ4n) is 20.1. The molecular formula is C105H120N16O20. The number of aromatic hydroxyl groups is 5. The largest absolute Gasteiger partial charge is 0.514 e. The van der Waals surface area contributed by atoms with Crippen LogP contribution in [0.5, 0.6) is 34.5 Å². The van der Waals surface area contributed by atoms with Crippen LogP contribution in [0.25, 0.3) is 78.7 Å². The Kier molecular flexibility index (Phi) is 27.8. The highest BCUT2D eigenvalue weighted by Crippen LogP contribution is 2.47. The molecule has 0 aliphatic carbocycles. The summed E-state index contributed by atoms with van der Waals surface area (Å²) >= 11 is 0. The van der Waals surface area contributed by atoms with E-state index in [4.69, 9.17) is 38.4 Å². The van der Waals surface area contributed by atoms with Gasteiger partial charge in [-0.15, -0.1) is 0 Å². The van der Waals surface area contributed by atoms with Crippen molar-refractivity contribution in [2.75, 3.05) is 92.6 Å². The van der Waals surface area contributed by atoms with Crippen molar-refractivity contribution in [3.05, 3.63) is 230 Å². The number of ether oxygens (including phenoxy) is 6. The number of cyclic esters (lactones) is 2. The molecule has 2 saturated heterocycles. The summed E-state index contributed by atoms with van der Waals surface area (Å²) in [7, 11) is 3.29. The van der Waals surface area contributed by atoms with Crippen molar-refractivity contribution in [2.24, 2.45) is 0 Å². The van der Waals surface area contributed by atoms with Crippen molar-refractivity contribution in [1.82, 2.24) is 78.0 Å². The van der Waals surface area contributed by atoms with Crippen LogP contribution in [0.2, 0.25) is 0 Å². The molecule has 2 atom stereocenters. The van der Waals surface area contributed by atoms with E-state index in [2.05, 4.69) is 40.0 Å². The third kappa shape index (κ3) is 19.4. The Morgan fingerprint density at radius 2 is 0.894 bits per heavy atom. The lowest BCUT2D eigenvalue weighted by Gasteiger charge is -2.36. The number of pyridine rings is 4. The zero-order valence-electron chi connectivity index (χ0n) is 81.7. The molecule has 18 rings (SSSR count). The molecule has 0 radical (unpaired) electrons. The highest BCUT2D eigenvalue weighted by Gasteiger charge is 2.53. The summed E-state index contributed by atoms with van der Waals surface area (Å²) in [5, 5.41) is 67.3. The number of H-pyrrole nitrogens is 2. The van der Waals surface area contributed by atoms with Gasteiger partial charge in [-0.2, -0.15) is 10.2 Å². The minimum Gasteiger partial charge on any atom is -0.508 e. The molecule has 0 saturated carbocycles. The van der Waals surface area contributed by atoms with Crippen LogP contribution in [-0.2, 0) is 96.7 Å². The molecule has 6 aromatic heterocycles. The number of phenolic OH excluding ortho intramolecular Hbond substituents is 5. The van der Waals surface area contributed by atoms with E-state index in [0.29, 0.717) is 123 Å². The van der Waals surface area contributed by atoms with Crippen LogP contribution in [0, 0.1) is 0 Å². The number of fused-ring (bicyclic) bond motifs is 10. The number of unbranched alkanes of at least 4 members (excludes halogenated alkanes) is 2. The Hall–Kier alpha value is -14.5. The number of hydrogen-bond donors (Lipinski definition) is 7. The minimum atomic E-state index is -1.85. The van der Waals surface area contributed by atoms with E-state index in [9.17, 15) is 68.7 Å². The maximum absolute atomic E-state index is 14.3. The van der Waals surface area contributed by atoms with E-state index >= 15 is 0 Å². The van der Waals surface area contributed by atoms with Gasteiger partial charge >= 0.3 is 41.7 Å². The van der Waals surface area contributed by atoms with Crippen LogP contribution in [0.15, 0.2) is 141 Å². The smallest absolute Gasteiger partial charge is 0.508 e. The first-order chi connectivity index (χ1) is 67.5. The van der Waals surface area contributed by atoms with Crippen molar-refractivity contribution < 1.29 is 77.9 Å². The molecule has 6 aliphatic rings. The van der Waals surface area contributed by atoms with Gasteiger partial charge in [0.05, 0.1) is 80.5 Å². The summed E-state index contributed by atoms with van der Waals surface area (Å²) in [6.07, 6.45) is 2.26. The lowest BCUT2D eigenvalue weighted by atomic mass is 9.85. The summed E-state index contributed by atoms with van der Waals surface area (Å²) in [5.74, 6) is -0.942. The summed E-state index contributed by atoms with van der Waals surface area (Å²) in [6, 6.07) is 35.0. The predicted molar refractivity (Wildman–Crippen MR) is 526 cm³/mol. The van der Waals surface area contributed by atoms with E-state index in [1.807, 2.05) is 90.1 Å². The van der Waals surface area contributed by atoms with Crippen molar-refractivity contribution in [3.63, 3.8) is 0 Å². The van der Waals surface area contributed by atoms with Crippen LogP contribution < -0.4 is 27.2 Å². The molecule has 6 aliphatic heterocycles. The predicted octanol–water partition coefficient (Wildman–Crippen LogP) is 13.8. The molecule has 2 unspecified atom stereocenters. The van der Waals surface area contributed by atoms with Crippen LogP contribution in [0.1, 0.15) is 193 Å². The number of carbonyl (C=O) groups is 5. The second-order valence-electron chi connectivity index (χ2n) is 38.7. The molecule has 12 heterocycles. The first-order valence-electron chi connectivity index (χ1n) is 48.3. The molecule has 7 N–H and O–H groups in total. The molecule has 141 heavy (non-hydrogen) atoms. The number of phenols is 5. The van der Waals surface area contributed by atoms with Gasteiger partial charge < -0.3 is 82.7 Å². The van der Waals surface area contributed by atoms with Gasteiger partial charge in [-0.05, 0) is 215 Å². The molecule has 0 spiro atoms. The van der Waals surface area contributed by atoms with Crippen LogP contribution in [-0.4, -0.2) is 232 Å². The number of piperazine rings is 2. The number of amides is 2. The van der Waals surface area contributed by atoms with Gasteiger partial charge in [0.1, 0.15) is 53.3 Å². The maximum Gasteiger partial charge on any atom is 0.514 e. The fraction of sp³-hybridized carbons (Fsp3) is 0.419.